The molecule has 0 bridgehead atoms. The fourth-order valence-corrected chi connectivity index (χ4v) is 2.03. The van der Waals surface area contributed by atoms with Gasteiger partial charge in [-0.2, -0.15) is 0 Å². The quantitative estimate of drug-likeness (QED) is 0.467. The molecule has 0 radical (unpaired) electrons. The molecule has 98 valence electrons. The SMILES string of the molecule is CCCCCC1C/C=C/[C@@H](O)CCCC(=O)O1. The lowest BCUT2D eigenvalue weighted by atomic mass is 10.1. The summed E-state index contributed by atoms with van der Waals surface area (Å²) in [6.07, 6.45) is 10.2. The molecule has 0 saturated heterocycles. The Morgan fingerprint density at radius 3 is 3.06 bits per heavy atom. The molecule has 0 aromatic carbocycles. The molecule has 0 saturated carbocycles. The van der Waals surface area contributed by atoms with Crippen LogP contribution in [-0.2, 0) is 9.53 Å². The van der Waals surface area contributed by atoms with Gasteiger partial charge in [0, 0.05) is 12.8 Å². The van der Waals surface area contributed by atoms with Crippen molar-refractivity contribution in [3.8, 4) is 0 Å². The van der Waals surface area contributed by atoms with Gasteiger partial charge in [0.25, 0.3) is 0 Å². The first-order valence-electron chi connectivity index (χ1n) is 6.76. The maximum Gasteiger partial charge on any atom is 0.306 e. The molecule has 0 spiro atoms. The van der Waals surface area contributed by atoms with Gasteiger partial charge in [-0.05, 0) is 25.7 Å². The van der Waals surface area contributed by atoms with Gasteiger partial charge in [-0.15, -0.1) is 0 Å². The lowest BCUT2D eigenvalue weighted by Crippen LogP contribution is -2.19. The summed E-state index contributed by atoms with van der Waals surface area (Å²) >= 11 is 0. The summed E-state index contributed by atoms with van der Waals surface area (Å²) in [4.78, 5) is 11.5. The minimum atomic E-state index is -0.405. The van der Waals surface area contributed by atoms with Crippen LogP contribution in [0, 0.1) is 0 Å². The molecule has 1 aliphatic heterocycles. The van der Waals surface area contributed by atoms with Gasteiger partial charge in [0.1, 0.15) is 6.10 Å². The average molecular weight is 240 g/mol. The fourth-order valence-electron chi connectivity index (χ4n) is 2.03. The number of carbonyl (C=O) groups is 1. The van der Waals surface area contributed by atoms with Crippen molar-refractivity contribution in [3.05, 3.63) is 12.2 Å². The molecule has 0 fully saturated rings. The minimum absolute atomic E-state index is 0.00407. The molecular formula is C14H24O3. The van der Waals surface area contributed by atoms with Gasteiger partial charge in [-0.1, -0.05) is 31.9 Å². The Balaban J connectivity index is 2.44. The first kappa shape index (κ1) is 14.2. The van der Waals surface area contributed by atoms with E-state index in [2.05, 4.69) is 6.92 Å². The molecule has 0 amide bonds. The highest BCUT2D eigenvalue weighted by Gasteiger charge is 2.15. The van der Waals surface area contributed by atoms with Crippen LogP contribution in [0.2, 0.25) is 0 Å². The summed E-state index contributed by atoms with van der Waals surface area (Å²) in [5, 5.41) is 9.58. The van der Waals surface area contributed by atoms with Crippen LogP contribution in [0.1, 0.15) is 58.3 Å². The Kier molecular flexibility index (Phi) is 6.94. The van der Waals surface area contributed by atoms with Gasteiger partial charge in [0.05, 0.1) is 6.10 Å². The molecule has 0 aliphatic carbocycles. The minimum Gasteiger partial charge on any atom is -0.462 e. The topological polar surface area (TPSA) is 46.5 Å². The molecule has 1 rings (SSSR count). The van der Waals surface area contributed by atoms with E-state index in [1.165, 1.54) is 12.8 Å². The Morgan fingerprint density at radius 2 is 2.29 bits per heavy atom. The number of hydrogen-bond donors (Lipinski definition) is 1. The first-order valence-corrected chi connectivity index (χ1v) is 6.76. The summed E-state index contributed by atoms with van der Waals surface area (Å²) in [7, 11) is 0. The van der Waals surface area contributed by atoms with E-state index >= 15 is 0 Å². The van der Waals surface area contributed by atoms with Crippen LogP contribution in [0.5, 0.6) is 0 Å². The maximum atomic E-state index is 11.5. The van der Waals surface area contributed by atoms with Crippen LogP contribution < -0.4 is 0 Å². The number of rotatable bonds is 4. The number of unbranched alkanes of at least 4 members (excludes halogenated alkanes) is 2. The summed E-state index contributed by atoms with van der Waals surface area (Å²) < 4.78 is 5.44. The molecule has 17 heavy (non-hydrogen) atoms. The van der Waals surface area contributed by atoms with Crippen LogP contribution in [0.3, 0.4) is 0 Å². The van der Waals surface area contributed by atoms with E-state index in [0.717, 1.165) is 19.3 Å². The second-order valence-electron chi connectivity index (χ2n) is 4.73. The van der Waals surface area contributed by atoms with E-state index in [-0.39, 0.29) is 12.1 Å². The van der Waals surface area contributed by atoms with Crippen molar-refractivity contribution < 1.29 is 14.6 Å². The van der Waals surface area contributed by atoms with Crippen LogP contribution >= 0.6 is 0 Å². The first-order chi connectivity index (χ1) is 8.22. The molecule has 2 atom stereocenters. The van der Waals surface area contributed by atoms with Gasteiger partial charge in [0.2, 0.25) is 0 Å². The summed E-state index contributed by atoms with van der Waals surface area (Å²) in [5.74, 6) is -0.117. The third kappa shape index (κ3) is 6.47. The number of aliphatic hydroxyl groups is 1. The van der Waals surface area contributed by atoms with Crippen LogP contribution in [0.4, 0.5) is 0 Å². The highest BCUT2D eigenvalue weighted by atomic mass is 16.5. The molecule has 1 heterocycles. The van der Waals surface area contributed by atoms with E-state index in [9.17, 15) is 9.90 Å². The fraction of sp³-hybridized carbons (Fsp3) is 0.786. The Bertz CT molecular complexity index is 248. The zero-order valence-corrected chi connectivity index (χ0v) is 10.7. The van der Waals surface area contributed by atoms with E-state index in [1.54, 1.807) is 0 Å². The monoisotopic (exact) mass is 240 g/mol. The number of esters is 1. The highest BCUT2D eigenvalue weighted by Crippen LogP contribution is 2.15. The smallest absolute Gasteiger partial charge is 0.306 e. The van der Waals surface area contributed by atoms with E-state index in [0.29, 0.717) is 19.3 Å². The van der Waals surface area contributed by atoms with E-state index < -0.39 is 6.10 Å². The van der Waals surface area contributed by atoms with Crippen molar-refractivity contribution in [2.45, 2.75) is 70.5 Å². The van der Waals surface area contributed by atoms with Gasteiger partial charge in [-0.25, -0.2) is 0 Å². The standard InChI is InChI=1S/C14H24O3/c1-2-3-4-9-13-10-5-7-12(15)8-6-11-14(16)17-13/h5,7,12-13,15H,2-4,6,8-11H2,1H3/b7-5+/t12-,13?/m1/s1. The Morgan fingerprint density at radius 1 is 1.47 bits per heavy atom. The molecule has 1 aliphatic rings. The lowest BCUT2D eigenvalue weighted by molar-refractivity contribution is -0.149. The normalized spacial score (nSPS) is 28.5. The largest absolute Gasteiger partial charge is 0.462 e. The summed E-state index contributed by atoms with van der Waals surface area (Å²) in [5.41, 5.74) is 0. The zero-order valence-electron chi connectivity index (χ0n) is 10.7. The molecule has 1 unspecified atom stereocenters. The molecular weight excluding hydrogens is 216 g/mol. The van der Waals surface area contributed by atoms with Gasteiger partial charge >= 0.3 is 5.97 Å². The van der Waals surface area contributed by atoms with E-state index in [1.807, 2.05) is 12.2 Å². The number of cyclic esters (lactones) is 1. The average Bonchev–Trinajstić information content (AvgIpc) is 2.28. The van der Waals surface area contributed by atoms with Crippen LogP contribution in [0.25, 0.3) is 0 Å². The lowest BCUT2D eigenvalue weighted by Gasteiger charge is -2.18. The van der Waals surface area contributed by atoms with Gasteiger partial charge in [-0.3, -0.25) is 4.79 Å². The Labute approximate surface area is 104 Å². The predicted molar refractivity (Wildman–Crippen MR) is 67.6 cm³/mol. The van der Waals surface area contributed by atoms with Crippen molar-refractivity contribution >= 4 is 5.97 Å². The second kappa shape index (κ2) is 8.29. The number of ether oxygens (including phenoxy) is 1. The molecule has 0 aromatic rings. The Hall–Kier alpha value is -0.830. The third-order valence-electron chi connectivity index (χ3n) is 3.07. The van der Waals surface area contributed by atoms with Crippen molar-refractivity contribution in [1.82, 2.24) is 0 Å². The summed E-state index contributed by atoms with van der Waals surface area (Å²) in [6.45, 7) is 2.16. The molecule has 1 N–H and O–H groups in total. The third-order valence-corrected chi connectivity index (χ3v) is 3.07. The van der Waals surface area contributed by atoms with Gasteiger partial charge in [0.15, 0.2) is 0 Å². The van der Waals surface area contributed by atoms with Crippen molar-refractivity contribution in [2.75, 3.05) is 0 Å². The molecule has 0 aromatic heterocycles. The molecule has 3 heteroatoms. The highest BCUT2D eigenvalue weighted by molar-refractivity contribution is 5.69. The number of carbonyl (C=O) groups excluding carboxylic acids is 1. The second-order valence-corrected chi connectivity index (χ2v) is 4.73. The maximum absolute atomic E-state index is 11.5. The summed E-state index contributed by atoms with van der Waals surface area (Å²) in [6, 6.07) is 0. The molecule has 3 nitrogen and oxygen atoms in total. The van der Waals surface area contributed by atoms with Crippen molar-refractivity contribution in [2.24, 2.45) is 0 Å². The number of hydrogen-bond acceptors (Lipinski definition) is 3. The van der Waals surface area contributed by atoms with Crippen LogP contribution in [-0.4, -0.2) is 23.3 Å². The van der Waals surface area contributed by atoms with Crippen molar-refractivity contribution in [1.29, 1.82) is 0 Å². The zero-order chi connectivity index (χ0) is 12.5. The van der Waals surface area contributed by atoms with Crippen LogP contribution in [0.15, 0.2) is 12.2 Å². The van der Waals surface area contributed by atoms with Crippen molar-refractivity contribution in [3.63, 3.8) is 0 Å². The van der Waals surface area contributed by atoms with E-state index in [4.69, 9.17) is 4.74 Å². The van der Waals surface area contributed by atoms with Gasteiger partial charge < -0.3 is 9.84 Å². The predicted octanol–water partition coefficient (Wildman–Crippen LogP) is 2.97. The number of aliphatic hydroxyl groups excluding tert-OH is 1.